The van der Waals surface area contributed by atoms with Crippen molar-refractivity contribution >= 4 is 54.1 Å². The van der Waals surface area contributed by atoms with Crippen molar-refractivity contribution in [2.45, 2.75) is 55.9 Å². The Morgan fingerprint density at radius 2 is 1.53 bits per heavy atom. The van der Waals surface area contributed by atoms with Gasteiger partial charge < -0.3 is 59.0 Å². The first-order valence-electron chi connectivity index (χ1n) is 15.1. The fourth-order valence-electron chi connectivity index (χ4n) is 4.29. The molecule has 0 aliphatic rings. The lowest BCUT2D eigenvalue weighted by molar-refractivity contribution is -0.142. The van der Waals surface area contributed by atoms with Gasteiger partial charge in [0.25, 0.3) is 0 Å². The quantitative estimate of drug-likeness (QED) is 0.0254. The number of aliphatic hydroxyl groups is 1. The van der Waals surface area contributed by atoms with E-state index in [9.17, 15) is 39.0 Å². The van der Waals surface area contributed by atoms with Crippen LogP contribution >= 0.6 is 12.6 Å². The highest BCUT2D eigenvalue weighted by molar-refractivity contribution is 7.80. The maximum Gasteiger partial charge on any atom is 0.326 e. The molecule has 49 heavy (non-hydrogen) atoms. The Labute approximate surface area is 287 Å². The number of nitrogens with one attached hydrogen (secondary N) is 6. The summed E-state index contributed by atoms with van der Waals surface area (Å²) < 4.78 is 0. The molecule has 0 spiro atoms. The Morgan fingerprint density at radius 3 is 2.12 bits per heavy atom. The van der Waals surface area contributed by atoms with Gasteiger partial charge in [-0.15, -0.1) is 0 Å². The zero-order valence-corrected chi connectivity index (χ0v) is 27.4. The number of aromatic amines is 1. The first-order chi connectivity index (χ1) is 23.3. The van der Waals surface area contributed by atoms with Crippen LogP contribution in [0.25, 0.3) is 0 Å². The number of nitrogens with zero attached hydrogens (tertiary/aromatic N) is 2. The lowest BCUT2D eigenvalue weighted by atomic mass is 10.1. The molecule has 1 aromatic carbocycles. The molecule has 0 saturated carbocycles. The van der Waals surface area contributed by atoms with Crippen LogP contribution < -0.4 is 43.8 Å². The molecule has 0 aliphatic heterocycles. The number of thiol groups is 1. The number of aliphatic imine (C=N–C) groups is 1. The Morgan fingerprint density at radius 1 is 0.878 bits per heavy atom. The Bertz CT molecular complexity index is 1420. The van der Waals surface area contributed by atoms with Gasteiger partial charge >= 0.3 is 5.97 Å². The minimum atomic E-state index is -1.41. The van der Waals surface area contributed by atoms with E-state index in [-0.39, 0.29) is 43.9 Å². The van der Waals surface area contributed by atoms with Gasteiger partial charge in [0, 0.05) is 30.6 Å². The van der Waals surface area contributed by atoms with Crippen molar-refractivity contribution in [3.05, 3.63) is 54.1 Å². The molecule has 0 aliphatic carbocycles. The largest absolute Gasteiger partial charge is 0.480 e. The zero-order valence-electron chi connectivity index (χ0n) is 26.5. The molecule has 2 aromatic rings. The maximum absolute atomic E-state index is 13.2. The minimum absolute atomic E-state index is 0.00900. The number of rotatable bonds is 21. The van der Waals surface area contributed by atoms with Crippen molar-refractivity contribution in [2.75, 3.05) is 25.4 Å². The molecule has 268 valence electrons. The molecule has 1 aromatic heterocycles. The Kier molecular flexibility index (Phi) is 17.1. The van der Waals surface area contributed by atoms with Crippen LogP contribution in [0.2, 0.25) is 0 Å². The van der Waals surface area contributed by atoms with Crippen LogP contribution in [0.1, 0.15) is 24.1 Å². The molecule has 19 nitrogen and oxygen atoms in total. The number of hydrogen-bond acceptors (Lipinski definition) is 11. The number of guanidine groups is 1. The number of carbonyl (C=O) groups is 6. The molecule has 1 heterocycles. The Hall–Kier alpha value is -5.21. The molecule has 5 amide bonds. The number of hydrogen-bond donors (Lipinski definition) is 12. The second kappa shape index (κ2) is 20.9. The van der Waals surface area contributed by atoms with Gasteiger partial charge in [-0.25, -0.2) is 9.78 Å². The topological polar surface area (TPSA) is 322 Å². The van der Waals surface area contributed by atoms with Gasteiger partial charge in [0.15, 0.2) is 5.96 Å². The normalized spacial score (nSPS) is 13.8. The molecular formula is C29H43N11O8S. The van der Waals surface area contributed by atoms with E-state index in [1.807, 2.05) is 6.07 Å². The second-order valence-corrected chi connectivity index (χ2v) is 11.1. The third-order valence-corrected chi connectivity index (χ3v) is 7.25. The van der Waals surface area contributed by atoms with E-state index in [0.717, 1.165) is 5.56 Å². The van der Waals surface area contributed by atoms with Crippen molar-refractivity contribution in [3.8, 4) is 0 Å². The molecule has 20 heteroatoms. The lowest BCUT2D eigenvalue weighted by Gasteiger charge is -2.24. The summed E-state index contributed by atoms with van der Waals surface area (Å²) in [6.45, 7) is -1.28. The smallest absolute Gasteiger partial charge is 0.326 e. The monoisotopic (exact) mass is 705 g/mol. The third-order valence-electron chi connectivity index (χ3n) is 6.88. The first-order valence-corrected chi connectivity index (χ1v) is 15.7. The molecule has 5 atom stereocenters. The van der Waals surface area contributed by atoms with Crippen molar-refractivity contribution in [1.82, 2.24) is 36.6 Å². The summed E-state index contributed by atoms with van der Waals surface area (Å²) in [6, 6.07) is 2.62. The van der Waals surface area contributed by atoms with Gasteiger partial charge in [-0.1, -0.05) is 30.3 Å². The molecular weight excluding hydrogens is 662 g/mol. The number of carbonyl (C=O) groups excluding carboxylic acids is 5. The standard InChI is InChI=1S/C29H43N11O8S/c30-18(9-16-5-2-1-3-6-16)24(43)40-21(13-41)25(44)35-12-23(42)37-22(14-49)27(46)39-20(10-17-11-33-15-36-17)26(45)38-19(28(47)48)7-4-8-34-29(31)32/h1-3,5-6,11,15,18-22,41,49H,4,7-10,12-14,30H2,(H,33,36)(H,35,44)(H,37,42)(H,38,45)(H,39,46)(H,40,43)(H,47,48)(H4,31,32,34)/t18-,19-,20-,21-,22-/m0/s1. The summed E-state index contributed by atoms with van der Waals surface area (Å²) in [5.74, 6) is -5.75. The average molecular weight is 706 g/mol. The van der Waals surface area contributed by atoms with Crippen LogP contribution in [0, 0.1) is 0 Å². The van der Waals surface area contributed by atoms with Crippen LogP contribution in [-0.2, 0) is 41.6 Å². The zero-order chi connectivity index (χ0) is 36.3. The maximum atomic E-state index is 13.2. The third kappa shape index (κ3) is 14.6. The number of aliphatic carboxylic acids is 1. The number of aliphatic hydroxyl groups excluding tert-OH is 1. The molecule has 0 saturated heterocycles. The van der Waals surface area contributed by atoms with Gasteiger partial charge in [-0.2, -0.15) is 12.6 Å². The van der Waals surface area contributed by atoms with E-state index >= 15 is 0 Å². The lowest BCUT2D eigenvalue weighted by Crippen LogP contribution is -2.58. The second-order valence-electron chi connectivity index (χ2n) is 10.8. The van der Waals surface area contributed by atoms with E-state index in [1.54, 1.807) is 24.3 Å². The molecule has 0 fully saturated rings. The number of imidazole rings is 1. The van der Waals surface area contributed by atoms with E-state index in [4.69, 9.17) is 17.2 Å². The number of benzene rings is 1. The fourth-order valence-corrected chi connectivity index (χ4v) is 4.55. The SMILES string of the molecule is NC(N)=NCCC[C@H](NC(=O)[C@H](Cc1cnc[nH]1)NC(=O)[C@H](CS)NC(=O)CNC(=O)[C@H](CO)NC(=O)[C@@H](N)Cc1ccccc1)C(=O)O. The Balaban J connectivity index is 1.97. The minimum Gasteiger partial charge on any atom is -0.480 e. The summed E-state index contributed by atoms with van der Waals surface area (Å²) in [4.78, 5) is 86.3. The number of carboxylic acids is 1. The van der Waals surface area contributed by atoms with Gasteiger partial charge in [-0.3, -0.25) is 29.0 Å². The highest BCUT2D eigenvalue weighted by atomic mass is 32.1. The summed E-state index contributed by atoms with van der Waals surface area (Å²) >= 11 is 4.11. The van der Waals surface area contributed by atoms with Crippen molar-refractivity contribution in [3.63, 3.8) is 0 Å². The van der Waals surface area contributed by atoms with E-state index < -0.39 is 78.9 Å². The molecule has 2 rings (SSSR count). The predicted octanol–water partition coefficient (Wildman–Crippen LogP) is -4.36. The first kappa shape index (κ1) is 40.0. The van der Waals surface area contributed by atoms with Crippen LogP contribution in [-0.4, -0.2) is 117 Å². The van der Waals surface area contributed by atoms with Gasteiger partial charge in [0.2, 0.25) is 29.5 Å². The van der Waals surface area contributed by atoms with Crippen LogP contribution in [0.4, 0.5) is 0 Å². The number of aromatic nitrogens is 2. The summed E-state index contributed by atoms with van der Waals surface area (Å²) in [5.41, 5.74) is 17.7. The van der Waals surface area contributed by atoms with Gasteiger partial charge in [-0.05, 0) is 24.8 Å². The van der Waals surface area contributed by atoms with Crippen molar-refractivity contribution < 1.29 is 39.0 Å². The average Bonchev–Trinajstić information content (AvgIpc) is 3.59. The van der Waals surface area contributed by atoms with Crippen molar-refractivity contribution in [1.29, 1.82) is 0 Å². The van der Waals surface area contributed by atoms with E-state index in [0.29, 0.717) is 5.69 Å². The number of amides is 5. The summed E-state index contributed by atoms with van der Waals surface area (Å²) in [7, 11) is 0. The highest BCUT2D eigenvalue weighted by Crippen LogP contribution is 2.05. The number of carboxylic acid groups (broad SMARTS) is 1. The van der Waals surface area contributed by atoms with Gasteiger partial charge in [0.05, 0.1) is 25.5 Å². The molecule has 0 unspecified atom stereocenters. The highest BCUT2D eigenvalue weighted by Gasteiger charge is 2.30. The van der Waals surface area contributed by atoms with Gasteiger partial charge in [0.1, 0.15) is 24.2 Å². The summed E-state index contributed by atoms with van der Waals surface area (Å²) in [6.07, 6.45) is 3.08. The van der Waals surface area contributed by atoms with Crippen molar-refractivity contribution in [2.24, 2.45) is 22.2 Å². The van der Waals surface area contributed by atoms with E-state index in [1.165, 1.54) is 12.5 Å². The fraction of sp³-hybridized carbons (Fsp3) is 0.448. The van der Waals surface area contributed by atoms with Crippen LogP contribution in [0.15, 0.2) is 47.8 Å². The molecule has 0 radical (unpaired) electrons. The molecule has 0 bridgehead atoms. The number of nitrogens with two attached hydrogens (primary N) is 3. The molecule has 14 N–H and O–H groups in total. The van der Waals surface area contributed by atoms with Crippen LogP contribution in [0.3, 0.4) is 0 Å². The van der Waals surface area contributed by atoms with E-state index in [2.05, 4.69) is 54.2 Å². The number of H-pyrrole nitrogens is 1. The predicted molar refractivity (Wildman–Crippen MR) is 180 cm³/mol. The summed E-state index contributed by atoms with van der Waals surface area (Å²) in [5, 5.41) is 31.1. The van der Waals surface area contributed by atoms with Crippen LogP contribution in [0.5, 0.6) is 0 Å².